The Morgan fingerprint density at radius 3 is 2.71 bits per heavy atom. The number of aliphatic imine (C=N–C) groups is 1. The minimum atomic E-state index is -3.69. The maximum Gasteiger partial charge on any atom is 0.238 e. The minimum absolute atomic E-state index is 0.0433. The lowest BCUT2D eigenvalue weighted by molar-refractivity contribution is 0.598. The highest BCUT2D eigenvalue weighted by Gasteiger charge is 2.20. The Balaban J connectivity index is 2.16. The molecule has 0 aliphatic heterocycles. The molecular formula is C10H14N4O2S. The van der Waals surface area contributed by atoms with Crippen molar-refractivity contribution < 1.29 is 8.42 Å². The van der Waals surface area contributed by atoms with Gasteiger partial charge in [0.05, 0.1) is 10.9 Å². The summed E-state index contributed by atoms with van der Waals surface area (Å²) in [5, 5.41) is 7.86. The number of guanidine groups is 1. The quantitative estimate of drug-likeness (QED) is 0.529. The van der Waals surface area contributed by atoms with Crippen LogP contribution < -0.4 is 16.2 Å². The molecule has 1 aliphatic rings. The fraction of sp³-hybridized carbons (Fsp3) is 0.300. The third kappa shape index (κ3) is 3.43. The van der Waals surface area contributed by atoms with Crippen LogP contribution in [0.4, 0.5) is 5.69 Å². The van der Waals surface area contributed by atoms with Crippen molar-refractivity contribution in [2.75, 3.05) is 5.32 Å². The molecule has 0 unspecified atom stereocenters. The Morgan fingerprint density at radius 1 is 1.41 bits per heavy atom. The largest absolute Gasteiger partial charge is 0.370 e. The van der Waals surface area contributed by atoms with Gasteiger partial charge in [-0.2, -0.15) is 0 Å². The minimum Gasteiger partial charge on any atom is -0.370 e. The van der Waals surface area contributed by atoms with E-state index in [1.54, 1.807) is 12.1 Å². The summed E-state index contributed by atoms with van der Waals surface area (Å²) in [6.07, 6.45) is 2.11. The molecule has 17 heavy (non-hydrogen) atoms. The van der Waals surface area contributed by atoms with E-state index in [0.29, 0.717) is 17.7 Å². The van der Waals surface area contributed by atoms with Crippen LogP contribution in [0.5, 0.6) is 0 Å². The van der Waals surface area contributed by atoms with E-state index in [9.17, 15) is 8.42 Å². The van der Waals surface area contributed by atoms with Gasteiger partial charge in [0.15, 0.2) is 5.96 Å². The zero-order chi connectivity index (χ0) is 12.5. The normalized spacial score (nSPS) is 16.9. The summed E-state index contributed by atoms with van der Waals surface area (Å²) >= 11 is 0. The Bertz CT molecular complexity index is 549. The average molecular weight is 254 g/mol. The van der Waals surface area contributed by atoms with Crippen LogP contribution in [0.25, 0.3) is 0 Å². The van der Waals surface area contributed by atoms with Gasteiger partial charge in [-0.05, 0) is 31.0 Å². The molecule has 0 radical (unpaired) electrons. The standard InChI is InChI=1S/C10H14N4O2S/c11-10(13-7-4-5-7)14-8-2-1-3-9(6-8)17(12,15)16/h1-3,6-7H,4-5H2,(H3,11,13,14)(H2,12,15,16). The number of rotatable bonds is 3. The summed E-state index contributed by atoms with van der Waals surface area (Å²) in [4.78, 5) is 4.22. The number of primary sulfonamides is 1. The average Bonchev–Trinajstić information content (AvgIpc) is 3.00. The van der Waals surface area contributed by atoms with Crippen molar-refractivity contribution in [3.8, 4) is 0 Å². The van der Waals surface area contributed by atoms with Crippen LogP contribution in [0, 0.1) is 0 Å². The topological polar surface area (TPSA) is 111 Å². The summed E-state index contributed by atoms with van der Waals surface area (Å²) in [6.45, 7) is 0. The van der Waals surface area contributed by atoms with E-state index in [4.69, 9.17) is 10.9 Å². The Labute approximate surface area is 99.8 Å². The van der Waals surface area contributed by atoms with E-state index in [1.807, 2.05) is 0 Å². The Morgan fingerprint density at radius 2 is 2.12 bits per heavy atom. The number of sulfonamides is 1. The molecule has 0 aromatic heterocycles. The van der Waals surface area contributed by atoms with Gasteiger partial charge in [-0.3, -0.25) is 0 Å². The second kappa shape index (κ2) is 4.34. The molecular weight excluding hydrogens is 240 g/mol. The SMILES string of the molecule is NC(=NC1CC1)Nc1cccc(S(N)(=O)=O)c1. The van der Waals surface area contributed by atoms with Crippen molar-refractivity contribution in [2.45, 2.75) is 23.8 Å². The molecule has 7 heteroatoms. The van der Waals surface area contributed by atoms with Crippen molar-refractivity contribution in [3.05, 3.63) is 24.3 Å². The van der Waals surface area contributed by atoms with Crippen molar-refractivity contribution in [1.82, 2.24) is 0 Å². The lowest BCUT2D eigenvalue weighted by atomic mass is 10.3. The van der Waals surface area contributed by atoms with Crippen LogP contribution in [-0.4, -0.2) is 20.4 Å². The molecule has 1 aromatic rings. The second-order valence-corrected chi connectivity index (χ2v) is 5.50. The second-order valence-electron chi connectivity index (χ2n) is 3.94. The van der Waals surface area contributed by atoms with E-state index < -0.39 is 10.0 Å². The van der Waals surface area contributed by atoms with E-state index in [1.165, 1.54) is 12.1 Å². The van der Waals surface area contributed by atoms with Crippen LogP contribution >= 0.6 is 0 Å². The molecule has 1 fully saturated rings. The molecule has 0 spiro atoms. The van der Waals surface area contributed by atoms with Gasteiger partial charge in [0, 0.05) is 5.69 Å². The van der Waals surface area contributed by atoms with Gasteiger partial charge in [-0.25, -0.2) is 18.5 Å². The maximum absolute atomic E-state index is 11.1. The molecule has 6 nitrogen and oxygen atoms in total. The monoisotopic (exact) mass is 254 g/mol. The first-order chi connectivity index (χ1) is 7.95. The fourth-order valence-corrected chi connectivity index (χ4v) is 1.89. The van der Waals surface area contributed by atoms with Gasteiger partial charge < -0.3 is 11.1 Å². The smallest absolute Gasteiger partial charge is 0.238 e. The van der Waals surface area contributed by atoms with Crippen LogP contribution in [0.3, 0.4) is 0 Å². The van der Waals surface area contributed by atoms with Gasteiger partial charge in [0.2, 0.25) is 10.0 Å². The van der Waals surface area contributed by atoms with Gasteiger partial charge >= 0.3 is 0 Å². The van der Waals surface area contributed by atoms with Crippen molar-refractivity contribution in [1.29, 1.82) is 0 Å². The lowest BCUT2D eigenvalue weighted by Gasteiger charge is -2.06. The molecule has 2 rings (SSSR count). The molecule has 5 N–H and O–H groups in total. The van der Waals surface area contributed by atoms with Gasteiger partial charge in [-0.15, -0.1) is 0 Å². The molecule has 1 aromatic carbocycles. The Kier molecular flexibility index (Phi) is 3.03. The number of nitrogens with one attached hydrogen (secondary N) is 1. The molecule has 92 valence electrons. The summed E-state index contributed by atoms with van der Waals surface area (Å²) in [7, 11) is -3.69. The predicted molar refractivity (Wildman–Crippen MR) is 66.1 cm³/mol. The maximum atomic E-state index is 11.1. The first kappa shape index (κ1) is 11.9. The highest BCUT2D eigenvalue weighted by atomic mass is 32.2. The van der Waals surface area contributed by atoms with E-state index >= 15 is 0 Å². The zero-order valence-electron chi connectivity index (χ0n) is 9.13. The van der Waals surface area contributed by atoms with Crippen molar-refractivity contribution >= 4 is 21.7 Å². The Hall–Kier alpha value is -1.60. The number of hydrogen-bond acceptors (Lipinski definition) is 3. The van der Waals surface area contributed by atoms with Crippen molar-refractivity contribution in [2.24, 2.45) is 15.9 Å². The number of hydrogen-bond donors (Lipinski definition) is 3. The van der Waals surface area contributed by atoms with Crippen LogP contribution in [0.1, 0.15) is 12.8 Å². The third-order valence-corrected chi connectivity index (χ3v) is 3.21. The highest BCUT2D eigenvalue weighted by molar-refractivity contribution is 7.89. The van der Waals surface area contributed by atoms with Gasteiger partial charge in [0.25, 0.3) is 0 Å². The third-order valence-electron chi connectivity index (χ3n) is 2.30. The number of nitrogens with two attached hydrogens (primary N) is 2. The molecule has 1 aliphatic carbocycles. The van der Waals surface area contributed by atoms with E-state index in [-0.39, 0.29) is 4.90 Å². The van der Waals surface area contributed by atoms with E-state index in [2.05, 4.69) is 10.3 Å². The summed E-state index contributed by atoms with van der Waals surface area (Å²) in [5.74, 6) is 0.291. The molecule has 0 atom stereocenters. The lowest BCUT2D eigenvalue weighted by Crippen LogP contribution is -2.23. The van der Waals surface area contributed by atoms with Crippen LogP contribution in [0.15, 0.2) is 34.2 Å². The number of benzene rings is 1. The van der Waals surface area contributed by atoms with Crippen LogP contribution in [0.2, 0.25) is 0 Å². The molecule has 0 heterocycles. The molecule has 0 bridgehead atoms. The molecule has 1 saturated carbocycles. The summed E-state index contributed by atoms with van der Waals surface area (Å²) < 4.78 is 22.3. The van der Waals surface area contributed by atoms with Gasteiger partial charge in [-0.1, -0.05) is 6.07 Å². The highest BCUT2D eigenvalue weighted by Crippen LogP contribution is 2.23. The first-order valence-corrected chi connectivity index (χ1v) is 6.73. The van der Waals surface area contributed by atoms with Crippen molar-refractivity contribution in [3.63, 3.8) is 0 Å². The zero-order valence-corrected chi connectivity index (χ0v) is 9.94. The number of nitrogens with zero attached hydrogens (tertiary/aromatic N) is 1. The summed E-state index contributed by atoms with van der Waals surface area (Å²) in [5.41, 5.74) is 6.22. The molecule has 0 saturated heterocycles. The fourth-order valence-electron chi connectivity index (χ4n) is 1.33. The number of anilines is 1. The van der Waals surface area contributed by atoms with Gasteiger partial charge in [0.1, 0.15) is 0 Å². The summed E-state index contributed by atoms with van der Waals surface area (Å²) in [6, 6.07) is 6.44. The van der Waals surface area contributed by atoms with Crippen LogP contribution in [-0.2, 0) is 10.0 Å². The first-order valence-electron chi connectivity index (χ1n) is 5.18. The molecule has 0 amide bonds. The van der Waals surface area contributed by atoms with E-state index in [0.717, 1.165) is 12.8 Å². The predicted octanol–water partition coefficient (Wildman–Crippen LogP) is 0.223.